The first kappa shape index (κ1) is 26.7. The molecule has 3 rings (SSSR count). The van der Waals surface area contributed by atoms with Gasteiger partial charge in [0.15, 0.2) is 0 Å². The van der Waals surface area contributed by atoms with Crippen LogP contribution in [0.2, 0.25) is 10.0 Å². The highest BCUT2D eigenvalue weighted by atomic mass is 35.5. The van der Waals surface area contributed by atoms with Crippen molar-refractivity contribution in [1.29, 1.82) is 0 Å². The van der Waals surface area contributed by atoms with E-state index < -0.39 is 6.04 Å². The maximum Gasteiger partial charge on any atom is 0.243 e. The number of methoxy groups -OCH3 is 1. The molecule has 0 aliphatic heterocycles. The smallest absolute Gasteiger partial charge is 0.243 e. The predicted molar refractivity (Wildman–Crippen MR) is 141 cm³/mol. The molecule has 0 radical (unpaired) electrons. The van der Waals surface area contributed by atoms with Crippen molar-refractivity contribution in [2.75, 3.05) is 12.9 Å². The molecule has 5 nitrogen and oxygen atoms in total. The summed E-state index contributed by atoms with van der Waals surface area (Å²) < 4.78 is 5.34. The summed E-state index contributed by atoms with van der Waals surface area (Å²) in [6.07, 6.45) is 4.81. The molecular weight excluding hydrogens is 491 g/mol. The fourth-order valence-corrected chi connectivity index (χ4v) is 5.90. The van der Waals surface area contributed by atoms with Crippen molar-refractivity contribution in [2.45, 2.75) is 63.4 Å². The molecule has 0 spiro atoms. The number of amides is 2. The summed E-state index contributed by atoms with van der Waals surface area (Å²) in [6, 6.07) is 12.7. The Bertz CT molecular complexity index is 962. The fraction of sp³-hybridized carbons (Fsp3) is 0.462. The predicted octanol–water partition coefficient (Wildman–Crippen LogP) is 6.10. The summed E-state index contributed by atoms with van der Waals surface area (Å²) in [5.41, 5.74) is 1.73. The van der Waals surface area contributed by atoms with Gasteiger partial charge in [-0.3, -0.25) is 9.59 Å². The minimum Gasteiger partial charge on any atom is -0.497 e. The van der Waals surface area contributed by atoms with E-state index in [0.717, 1.165) is 42.6 Å². The van der Waals surface area contributed by atoms with E-state index in [1.54, 1.807) is 30.2 Å². The lowest BCUT2D eigenvalue weighted by molar-refractivity contribution is -0.139. The van der Waals surface area contributed by atoms with Crippen LogP contribution in [0.5, 0.6) is 5.75 Å². The highest BCUT2D eigenvalue weighted by molar-refractivity contribution is 7.99. The highest BCUT2D eigenvalue weighted by Gasteiger charge is 2.30. The van der Waals surface area contributed by atoms with Gasteiger partial charge in [0, 0.05) is 28.4 Å². The molecule has 1 N–H and O–H groups in total. The molecule has 184 valence electrons. The van der Waals surface area contributed by atoms with Crippen molar-refractivity contribution >= 4 is 46.8 Å². The average molecular weight is 524 g/mol. The number of hydrogen-bond acceptors (Lipinski definition) is 4. The molecule has 2 aromatic carbocycles. The molecule has 8 heteroatoms. The van der Waals surface area contributed by atoms with E-state index in [9.17, 15) is 9.59 Å². The summed E-state index contributed by atoms with van der Waals surface area (Å²) >= 11 is 14.0. The first-order valence-corrected chi connectivity index (χ1v) is 13.6. The van der Waals surface area contributed by atoms with E-state index in [1.807, 2.05) is 31.2 Å². The second-order valence-electron chi connectivity index (χ2n) is 8.48. The van der Waals surface area contributed by atoms with Crippen LogP contribution in [0.15, 0.2) is 42.5 Å². The Morgan fingerprint density at radius 1 is 1.15 bits per heavy atom. The van der Waals surface area contributed by atoms with Gasteiger partial charge in [-0.15, -0.1) is 11.8 Å². The van der Waals surface area contributed by atoms with E-state index in [0.29, 0.717) is 28.8 Å². The third-order valence-electron chi connectivity index (χ3n) is 6.11. The normalized spacial score (nSPS) is 14.6. The number of benzene rings is 2. The molecular formula is C26H32Cl2N2O3S. The van der Waals surface area contributed by atoms with Crippen molar-refractivity contribution in [3.05, 3.63) is 63.6 Å². The molecule has 0 aromatic heterocycles. The van der Waals surface area contributed by atoms with Gasteiger partial charge < -0.3 is 15.0 Å². The lowest BCUT2D eigenvalue weighted by Crippen LogP contribution is -2.51. The van der Waals surface area contributed by atoms with Gasteiger partial charge in [0.25, 0.3) is 0 Å². The maximum absolute atomic E-state index is 13.4. The number of nitrogens with zero attached hydrogens (tertiary/aromatic N) is 1. The van der Waals surface area contributed by atoms with Crippen molar-refractivity contribution < 1.29 is 14.3 Å². The molecule has 1 atom stereocenters. The van der Waals surface area contributed by atoms with Gasteiger partial charge in [-0.1, -0.05) is 61.2 Å². The number of carbonyl (C=O) groups excluding carboxylic acids is 2. The van der Waals surface area contributed by atoms with E-state index in [-0.39, 0.29) is 23.6 Å². The second kappa shape index (κ2) is 13.3. The van der Waals surface area contributed by atoms with E-state index >= 15 is 0 Å². The van der Waals surface area contributed by atoms with Crippen molar-refractivity contribution in [1.82, 2.24) is 10.2 Å². The van der Waals surface area contributed by atoms with Gasteiger partial charge in [-0.05, 0) is 54.7 Å². The minimum atomic E-state index is -0.538. The fourth-order valence-electron chi connectivity index (χ4n) is 4.25. The molecule has 2 amide bonds. The summed E-state index contributed by atoms with van der Waals surface area (Å²) in [5, 5.41) is 4.34. The Morgan fingerprint density at radius 3 is 2.47 bits per heavy atom. The SMILES string of the molecule is CCC(C(=O)NC1CCCC1)N(Cc1cccc(OC)c1)C(=O)CSCc1c(Cl)cccc1Cl. The zero-order valence-electron chi connectivity index (χ0n) is 19.7. The van der Waals surface area contributed by atoms with Crippen LogP contribution in [0.1, 0.15) is 50.2 Å². The van der Waals surface area contributed by atoms with Crippen LogP contribution in [0, 0.1) is 0 Å². The lowest BCUT2D eigenvalue weighted by Gasteiger charge is -2.31. The van der Waals surface area contributed by atoms with Crippen LogP contribution < -0.4 is 10.1 Å². The summed E-state index contributed by atoms with van der Waals surface area (Å²) in [7, 11) is 1.61. The number of halogens is 2. The molecule has 1 aliphatic rings. The summed E-state index contributed by atoms with van der Waals surface area (Å²) in [4.78, 5) is 28.3. The Balaban J connectivity index is 1.74. The zero-order chi connectivity index (χ0) is 24.5. The Morgan fingerprint density at radius 2 is 1.82 bits per heavy atom. The third-order valence-corrected chi connectivity index (χ3v) is 7.76. The quantitative estimate of drug-likeness (QED) is 0.387. The van der Waals surface area contributed by atoms with Crippen LogP contribution in [0.3, 0.4) is 0 Å². The van der Waals surface area contributed by atoms with E-state index in [1.165, 1.54) is 11.8 Å². The first-order chi connectivity index (χ1) is 16.4. The number of nitrogens with one attached hydrogen (secondary N) is 1. The molecule has 0 saturated heterocycles. The van der Waals surface area contributed by atoms with Gasteiger partial charge in [-0.25, -0.2) is 0 Å². The Kier molecular flexibility index (Phi) is 10.4. The molecule has 1 aliphatic carbocycles. The highest BCUT2D eigenvalue weighted by Crippen LogP contribution is 2.29. The monoisotopic (exact) mass is 522 g/mol. The standard InChI is InChI=1S/C26H32Cl2N2O3S/c1-3-24(26(32)29-19-9-4-5-10-19)30(15-18-8-6-11-20(14-18)33-2)25(31)17-34-16-21-22(27)12-7-13-23(21)28/h6-8,11-14,19,24H,3-5,9-10,15-17H2,1-2H3,(H,29,32). The number of hydrogen-bond donors (Lipinski definition) is 1. The maximum atomic E-state index is 13.4. The minimum absolute atomic E-state index is 0.0789. The zero-order valence-corrected chi connectivity index (χ0v) is 22.0. The van der Waals surface area contributed by atoms with Gasteiger partial charge in [0.05, 0.1) is 12.9 Å². The Labute approximate surface area is 216 Å². The molecule has 1 unspecified atom stereocenters. The van der Waals surface area contributed by atoms with Gasteiger partial charge in [0.2, 0.25) is 11.8 Å². The van der Waals surface area contributed by atoms with Crippen LogP contribution >= 0.6 is 35.0 Å². The van der Waals surface area contributed by atoms with Gasteiger partial charge in [-0.2, -0.15) is 0 Å². The summed E-state index contributed by atoms with van der Waals surface area (Å²) in [6.45, 7) is 2.28. The molecule has 0 bridgehead atoms. The first-order valence-electron chi connectivity index (χ1n) is 11.7. The molecule has 1 saturated carbocycles. The number of ether oxygens (including phenoxy) is 1. The number of thioether (sulfide) groups is 1. The number of rotatable bonds is 11. The van der Waals surface area contributed by atoms with Crippen LogP contribution in [-0.4, -0.2) is 41.7 Å². The largest absolute Gasteiger partial charge is 0.497 e. The Hall–Kier alpha value is -1.89. The van der Waals surface area contributed by atoms with Crippen molar-refractivity contribution in [3.63, 3.8) is 0 Å². The summed E-state index contributed by atoms with van der Waals surface area (Å²) in [5.74, 6) is 1.28. The van der Waals surface area contributed by atoms with Crippen molar-refractivity contribution in [2.24, 2.45) is 0 Å². The van der Waals surface area contributed by atoms with Crippen molar-refractivity contribution in [3.8, 4) is 5.75 Å². The van der Waals surface area contributed by atoms with Crippen LogP contribution in [0.25, 0.3) is 0 Å². The lowest BCUT2D eigenvalue weighted by atomic mass is 10.1. The molecule has 0 heterocycles. The third kappa shape index (κ3) is 7.30. The van der Waals surface area contributed by atoms with E-state index in [2.05, 4.69) is 5.32 Å². The van der Waals surface area contributed by atoms with Gasteiger partial charge in [0.1, 0.15) is 11.8 Å². The average Bonchev–Trinajstić information content (AvgIpc) is 3.34. The number of carbonyl (C=O) groups is 2. The van der Waals surface area contributed by atoms with Gasteiger partial charge >= 0.3 is 0 Å². The molecule has 2 aromatic rings. The van der Waals surface area contributed by atoms with E-state index in [4.69, 9.17) is 27.9 Å². The topological polar surface area (TPSA) is 58.6 Å². The van der Waals surface area contributed by atoms with Crippen LogP contribution in [-0.2, 0) is 21.9 Å². The molecule has 34 heavy (non-hydrogen) atoms. The van der Waals surface area contributed by atoms with Crippen LogP contribution in [0.4, 0.5) is 0 Å². The molecule has 1 fully saturated rings. The second-order valence-corrected chi connectivity index (χ2v) is 10.3.